The number of methoxy groups -OCH3 is 2. The van der Waals surface area contributed by atoms with Crippen molar-refractivity contribution >= 4 is 33.3 Å². The minimum Gasteiger partial charge on any atom is -0.495 e. The van der Waals surface area contributed by atoms with Crippen LogP contribution in [0.3, 0.4) is 0 Å². The Hall–Kier alpha value is -3.85. The summed E-state index contributed by atoms with van der Waals surface area (Å²) in [6.45, 7) is 0. The van der Waals surface area contributed by atoms with E-state index >= 15 is 0 Å². The summed E-state index contributed by atoms with van der Waals surface area (Å²) >= 11 is 0. The number of sulfonamides is 1. The minimum absolute atomic E-state index is 0.0174. The van der Waals surface area contributed by atoms with Crippen LogP contribution >= 0.6 is 0 Å². The molecule has 1 aliphatic heterocycles. The van der Waals surface area contributed by atoms with Gasteiger partial charge in [-0.25, -0.2) is 13.2 Å². The second-order valence-electron chi connectivity index (χ2n) is 7.72. The van der Waals surface area contributed by atoms with Crippen LogP contribution in [-0.4, -0.2) is 47.6 Å². The SMILES string of the molecule is COC(=O)C1Cc2ccccc2N1C(=O)c1ccc(S(=O)(=O)N(C)c2ccccc2OC)cc1. The lowest BCUT2D eigenvalue weighted by molar-refractivity contribution is -0.141. The van der Waals surface area contributed by atoms with Crippen LogP contribution in [0.25, 0.3) is 0 Å². The molecule has 0 aromatic heterocycles. The number of carbonyl (C=O) groups is 2. The Morgan fingerprint density at radius 2 is 1.59 bits per heavy atom. The highest BCUT2D eigenvalue weighted by Crippen LogP contribution is 2.34. The molecule has 3 aromatic rings. The zero-order valence-electron chi connectivity index (χ0n) is 19.0. The average Bonchev–Trinajstić information content (AvgIpc) is 3.27. The van der Waals surface area contributed by atoms with Crippen LogP contribution in [0.5, 0.6) is 5.75 Å². The molecule has 3 aromatic carbocycles. The van der Waals surface area contributed by atoms with Gasteiger partial charge in [0.15, 0.2) is 0 Å². The van der Waals surface area contributed by atoms with Gasteiger partial charge in [0.25, 0.3) is 15.9 Å². The van der Waals surface area contributed by atoms with Crippen molar-refractivity contribution in [3.63, 3.8) is 0 Å². The van der Waals surface area contributed by atoms with Crippen LogP contribution in [0.2, 0.25) is 0 Å². The quantitative estimate of drug-likeness (QED) is 0.503. The summed E-state index contributed by atoms with van der Waals surface area (Å²) < 4.78 is 37.7. The number of para-hydroxylation sites is 3. The molecule has 176 valence electrons. The molecular formula is C25H24N2O6S. The summed E-state index contributed by atoms with van der Waals surface area (Å²) in [6.07, 6.45) is 0.352. The molecule has 0 saturated carbocycles. The number of rotatable bonds is 6. The Morgan fingerprint density at radius 1 is 0.941 bits per heavy atom. The molecule has 0 fully saturated rings. The fourth-order valence-corrected chi connectivity index (χ4v) is 5.25. The maximum atomic E-state index is 13.4. The second-order valence-corrected chi connectivity index (χ2v) is 9.68. The largest absolute Gasteiger partial charge is 0.495 e. The molecule has 0 bridgehead atoms. The van der Waals surface area contributed by atoms with E-state index in [-0.39, 0.29) is 10.5 Å². The van der Waals surface area contributed by atoms with Gasteiger partial charge in [-0.15, -0.1) is 0 Å². The maximum absolute atomic E-state index is 13.4. The first-order valence-corrected chi connectivity index (χ1v) is 11.9. The summed E-state index contributed by atoms with van der Waals surface area (Å²) in [6, 6.07) is 18.9. The number of nitrogens with zero attached hydrogens (tertiary/aromatic N) is 2. The summed E-state index contributed by atoms with van der Waals surface area (Å²) in [5.74, 6) is -0.508. The molecule has 4 rings (SSSR count). The highest BCUT2D eigenvalue weighted by Gasteiger charge is 2.39. The Bertz CT molecular complexity index is 1340. The molecule has 0 saturated heterocycles. The monoisotopic (exact) mass is 480 g/mol. The van der Waals surface area contributed by atoms with Crippen LogP contribution < -0.4 is 13.9 Å². The minimum atomic E-state index is -3.91. The molecule has 0 spiro atoms. The zero-order valence-corrected chi connectivity index (χ0v) is 19.8. The highest BCUT2D eigenvalue weighted by atomic mass is 32.2. The number of hydrogen-bond acceptors (Lipinski definition) is 6. The van der Waals surface area contributed by atoms with Gasteiger partial charge in [0.2, 0.25) is 0 Å². The molecule has 1 aliphatic rings. The number of esters is 1. The lowest BCUT2D eigenvalue weighted by Gasteiger charge is -2.24. The predicted molar refractivity (Wildman–Crippen MR) is 128 cm³/mol. The van der Waals surface area contributed by atoms with Crippen molar-refractivity contribution in [2.45, 2.75) is 17.4 Å². The molecule has 8 nitrogen and oxygen atoms in total. The number of amides is 1. The molecule has 1 unspecified atom stereocenters. The topological polar surface area (TPSA) is 93.2 Å². The fourth-order valence-electron chi connectivity index (χ4n) is 4.05. The van der Waals surface area contributed by atoms with Gasteiger partial charge >= 0.3 is 5.97 Å². The van der Waals surface area contributed by atoms with Crippen molar-refractivity contribution in [3.8, 4) is 5.75 Å². The summed E-state index contributed by atoms with van der Waals surface area (Å²) in [4.78, 5) is 27.2. The van der Waals surface area contributed by atoms with Crippen molar-refractivity contribution < 1.29 is 27.5 Å². The van der Waals surface area contributed by atoms with E-state index in [1.807, 2.05) is 12.1 Å². The van der Waals surface area contributed by atoms with Crippen LogP contribution in [0.15, 0.2) is 77.7 Å². The van der Waals surface area contributed by atoms with E-state index in [0.29, 0.717) is 23.5 Å². The second kappa shape index (κ2) is 9.18. The molecule has 1 heterocycles. The zero-order chi connectivity index (χ0) is 24.5. The third kappa shape index (κ3) is 3.99. The van der Waals surface area contributed by atoms with Crippen LogP contribution in [0.1, 0.15) is 15.9 Å². The van der Waals surface area contributed by atoms with Gasteiger partial charge in [0.05, 0.1) is 24.8 Å². The van der Waals surface area contributed by atoms with Gasteiger partial charge < -0.3 is 9.47 Å². The number of carbonyl (C=O) groups excluding carboxylic acids is 2. The third-order valence-corrected chi connectivity index (χ3v) is 7.64. The van der Waals surface area contributed by atoms with E-state index < -0.39 is 27.9 Å². The van der Waals surface area contributed by atoms with E-state index in [1.54, 1.807) is 36.4 Å². The van der Waals surface area contributed by atoms with E-state index in [4.69, 9.17) is 9.47 Å². The van der Waals surface area contributed by atoms with Crippen molar-refractivity contribution in [2.24, 2.45) is 0 Å². The van der Waals surface area contributed by atoms with E-state index in [1.165, 1.54) is 50.4 Å². The first-order valence-electron chi connectivity index (χ1n) is 10.5. The van der Waals surface area contributed by atoms with Crippen molar-refractivity contribution in [1.82, 2.24) is 0 Å². The van der Waals surface area contributed by atoms with Gasteiger partial charge in [-0.1, -0.05) is 30.3 Å². The first-order chi connectivity index (χ1) is 16.3. The van der Waals surface area contributed by atoms with Crippen molar-refractivity contribution in [1.29, 1.82) is 0 Å². The molecule has 0 radical (unpaired) electrons. The standard InChI is InChI=1S/C25H24N2O6S/c1-26(21-10-6-7-11-23(21)32-2)34(30,31)19-14-12-17(13-15-19)24(28)27-20-9-5-4-8-18(20)16-22(27)25(29)33-3/h4-15,22H,16H2,1-3H3. The first kappa shape index (κ1) is 23.3. The van der Waals surface area contributed by atoms with Gasteiger partial charge in [-0.05, 0) is 48.0 Å². The molecule has 1 amide bonds. The smallest absolute Gasteiger partial charge is 0.329 e. The van der Waals surface area contributed by atoms with Crippen molar-refractivity contribution in [2.75, 3.05) is 30.5 Å². The van der Waals surface area contributed by atoms with Gasteiger partial charge in [0.1, 0.15) is 11.8 Å². The Kier molecular flexibility index (Phi) is 6.30. The van der Waals surface area contributed by atoms with Gasteiger partial charge in [-0.2, -0.15) is 0 Å². The number of hydrogen-bond donors (Lipinski definition) is 0. The predicted octanol–water partition coefficient (Wildman–Crippen LogP) is 3.26. The molecule has 1 atom stereocenters. The fraction of sp³-hybridized carbons (Fsp3) is 0.200. The Morgan fingerprint density at radius 3 is 2.26 bits per heavy atom. The Labute approximate surface area is 198 Å². The van der Waals surface area contributed by atoms with Crippen LogP contribution in [-0.2, 0) is 26.0 Å². The molecular weight excluding hydrogens is 456 g/mol. The third-order valence-electron chi connectivity index (χ3n) is 5.85. The molecule has 9 heteroatoms. The normalized spacial score (nSPS) is 14.9. The van der Waals surface area contributed by atoms with E-state index in [2.05, 4.69) is 0 Å². The highest BCUT2D eigenvalue weighted by molar-refractivity contribution is 7.92. The summed E-state index contributed by atoms with van der Waals surface area (Å²) in [5.41, 5.74) is 2.14. The lowest BCUT2D eigenvalue weighted by Crippen LogP contribution is -2.43. The van der Waals surface area contributed by atoms with Crippen molar-refractivity contribution in [3.05, 3.63) is 83.9 Å². The number of ether oxygens (including phenoxy) is 2. The van der Waals surface area contributed by atoms with E-state index in [9.17, 15) is 18.0 Å². The molecule has 0 N–H and O–H groups in total. The average molecular weight is 481 g/mol. The van der Waals surface area contributed by atoms with Gasteiger partial charge in [0, 0.05) is 24.7 Å². The summed E-state index contributed by atoms with van der Waals surface area (Å²) in [5, 5.41) is 0. The molecule has 34 heavy (non-hydrogen) atoms. The Balaban J connectivity index is 1.64. The van der Waals surface area contributed by atoms with Crippen LogP contribution in [0.4, 0.5) is 11.4 Å². The van der Waals surface area contributed by atoms with Gasteiger partial charge in [-0.3, -0.25) is 14.0 Å². The summed E-state index contributed by atoms with van der Waals surface area (Å²) in [7, 11) is 0.284. The number of anilines is 2. The van der Waals surface area contributed by atoms with Crippen LogP contribution in [0, 0.1) is 0 Å². The van der Waals surface area contributed by atoms with E-state index in [0.717, 1.165) is 9.87 Å². The number of benzene rings is 3. The number of fused-ring (bicyclic) bond motifs is 1. The molecule has 0 aliphatic carbocycles. The lowest BCUT2D eigenvalue weighted by atomic mass is 10.1. The maximum Gasteiger partial charge on any atom is 0.329 e.